The molecule has 3 nitrogen and oxygen atoms in total. The second kappa shape index (κ2) is 6.38. The number of aliphatic hydroxyl groups excluding tert-OH is 1. The summed E-state index contributed by atoms with van der Waals surface area (Å²) in [5, 5.41) is 12.2. The molecule has 0 aromatic heterocycles. The number of aliphatic hydroxyl groups is 1. The summed E-state index contributed by atoms with van der Waals surface area (Å²) < 4.78 is 5.65. The molecular formula is C11H25NO2. The summed E-state index contributed by atoms with van der Waals surface area (Å²) in [4.78, 5) is 0. The molecule has 2 atom stereocenters. The van der Waals surface area contributed by atoms with E-state index in [2.05, 4.69) is 26.1 Å². The maximum atomic E-state index is 9.14. The molecule has 0 saturated heterocycles. The van der Waals surface area contributed by atoms with Crippen molar-refractivity contribution in [2.24, 2.45) is 5.92 Å². The molecule has 0 fully saturated rings. The van der Waals surface area contributed by atoms with E-state index in [-0.39, 0.29) is 18.2 Å². The van der Waals surface area contributed by atoms with Gasteiger partial charge in [0.25, 0.3) is 0 Å². The Hall–Kier alpha value is -0.120. The summed E-state index contributed by atoms with van der Waals surface area (Å²) in [7, 11) is 1.86. The van der Waals surface area contributed by atoms with E-state index in [1.54, 1.807) is 0 Å². The summed E-state index contributed by atoms with van der Waals surface area (Å²) in [5.41, 5.74) is -0.212. The van der Waals surface area contributed by atoms with Crippen molar-refractivity contribution in [2.75, 3.05) is 20.3 Å². The molecule has 14 heavy (non-hydrogen) atoms. The van der Waals surface area contributed by atoms with Crippen molar-refractivity contribution in [3.05, 3.63) is 0 Å². The van der Waals surface area contributed by atoms with Crippen LogP contribution in [-0.4, -0.2) is 37.0 Å². The van der Waals surface area contributed by atoms with Gasteiger partial charge in [-0.15, -0.1) is 0 Å². The quantitative estimate of drug-likeness (QED) is 0.657. The van der Waals surface area contributed by atoms with Crippen LogP contribution in [0.1, 0.15) is 34.1 Å². The summed E-state index contributed by atoms with van der Waals surface area (Å²) in [6, 6.07) is 0. The minimum Gasteiger partial charge on any atom is -0.394 e. The predicted octanol–water partition coefficient (Wildman–Crippen LogP) is 1.41. The van der Waals surface area contributed by atoms with Crippen LogP contribution in [0.25, 0.3) is 0 Å². The molecule has 2 unspecified atom stereocenters. The Bertz CT molecular complexity index is 144. The Morgan fingerprint density at radius 3 is 2.29 bits per heavy atom. The number of nitrogens with one attached hydrogen (secondary N) is 1. The fraction of sp³-hybridized carbons (Fsp3) is 1.00. The monoisotopic (exact) mass is 203 g/mol. The predicted molar refractivity (Wildman–Crippen MR) is 59.4 cm³/mol. The highest BCUT2D eigenvalue weighted by Gasteiger charge is 2.20. The van der Waals surface area contributed by atoms with Crippen molar-refractivity contribution < 1.29 is 9.84 Å². The third kappa shape index (κ3) is 4.94. The zero-order valence-electron chi connectivity index (χ0n) is 10.1. The maximum Gasteiger partial charge on any atom is 0.0611 e. The number of likely N-dealkylation sites (N-methyl/N-ethyl adjacent to an activating group) is 1. The van der Waals surface area contributed by atoms with Gasteiger partial charge in [0.05, 0.1) is 12.7 Å². The van der Waals surface area contributed by atoms with Gasteiger partial charge in [-0.05, 0) is 33.2 Å². The van der Waals surface area contributed by atoms with E-state index in [1.807, 2.05) is 14.0 Å². The fourth-order valence-corrected chi connectivity index (χ4v) is 0.946. The molecule has 2 N–H and O–H groups in total. The van der Waals surface area contributed by atoms with Gasteiger partial charge in [-0.25, -0.2) is 0 Å². The number of ether oxygens (including phenoxy) is 1. The Labute approximate surface area is 87.8 Å². The van der Waals surface area contributed by atoms with Gasteiger partial charge >= 0.3 is 0 Å². The van der Waals surface area contributed by atoms with E-state index < -0.39 is 0 Å². The van der Waals surface area contributed by atoms with Gasteiger partial charge in [0.15, 0.2) is 0 Å². The Kier molecular flexibility index (Phi) is 6.33. The van der Waals surface area contributed by atoms with Gasteiger partial charge in [0.2, 0.25) is 0 Å². The number of hydrogen-bond donors (Lipinski definition) is 2. The molecule has 0 spiro atoms. The molecule has 0 heterocycles. The zero-order valence-corrected chi connectivity index (χ0v) is 10.1. The number of rotatable bonds is 7. The van der Waals surface area contributed by atoms with E-state index in [0.717, 1.165) is 6.42 Å². The van der Waals surface area contributed by atoms with Crippen molar-refractivity contribution >= 4 is 0 Å². The average Bonchev–Trinajstić information content (AvgIpc) is 2.17. The van der Waals surface area contributed by atoms with E-state index in [9.17, 15) is 0 Å². The highest BCUT2D eigenvalue weighted by molar-refractivity contribution is 4.80. The van der Waals surface area contributed by atoms with Crippen LogP contribution in [-0.2, 0) is 4.74 Å². The van der Waals surface area contributed by atoms with E-state index in [1.165, 1.54) is 0 Å². The smallest absolute Gasteiger partial charge is 0.0611 e. The average molecular weight is 203 g/mol. The topological polar surface area (TPSA) is 41.5 Å². The first-order valence-corrected chi connectivity index (χ1v) is 5.36. The summed E-state index contributed by atoms with van der Waals surface area (Å²) in [6.45, 7) is 9.21. The molecule has 0 saturated carbocycles. The van der Waals surface area contributed by atoms with E-state index in [4.69, 9.17) is 9.84 Å². The molecule has 3 heteroatoms. The highest BCUT2D eigenvalue weighted by atomic mass is 16.5. The van der Waals surface area contributed by atoms with Crippen molar-refractivity contribution in [3.63, 3.8) is 0 Å². The van der Waals surface area contributed by atoms with Crippen LogP contribution in [0.4, 0.5) is 0 Å². The normalized spacial score (nSPS) is 18.2. The van der Waals surface area contributed by atoms with Crippen molar-refractivity contribution in [1.82, 2.24) is 5.32 Å². The van der Waals surface area contributed by atoms with Crippen LogP contribution in [0.5, 0.6) is 0 Å². The molecule has 0 aliphatic carbocycles. The highest BCUT2D eigenvalue weighted by Crippen LogP contribution is 2.11. The van der Waals surface area contributed by atoms with Crippen LogP contribution < -0.4 is 5.32 Å². The first-order valence-electron chi connectivity index (χ1n) is 5.36. The molecule has 0 aliphatic heterocycles. The first-order chi connectivity index (χ1) is 6.45. The Morgan fingerprint density at radius 2 is 1.93 bits per heavy atom. The van der Waals surface area contributed by atoms with Gasteiger partial charge in [-0.3, -0.25) is 0 Å². The lowest BCUT2D eigenvalue weighted by Crippen LogP contribution is -2.44. The SMILES string of the molecule is CNC(C)(CO)CCOC(C)C(C)C. The zero-order chi connectivity index (χ0) is 11.2. The summed E-state index contributed by atoms with van der Waals surface area (Å²) in [5.74, 6) is 0.546. The van der Waals surface area contributed by atoms with Crippen LogP contribution >= 0.6 is 0 Å². The molecule has 0 aliphatic rings. The molecule has 0 radical (unpaired) electrons. The molecular weight excluding hydrogens is 178 g/mol. The maximum absolute atomic E-state index is 9.14. The summed E-state index contributed by atoms with van der Waals surface area (Å²) in [6.07, 6.45) is 1.12. The Morgan fingerprint density at radius 1 is 1.36 bits per heavy atom. The van der Waals surface area contributed by atoms with Gasteiger partial charge in [0, 0.05) is 12.1 Å². The van der Waals surface area contributed by atoms with E-state index in [0.29, 0.717) is 12.5 Å². The molecule has 0 aromatic carbocycles. The Balaban J connectivity index is 3.72. The molecule has 0 bridgehead atoms. The summed E-state index contributed by atoms with van der Waals surface area (Å²) >= 11 is 0. The third-order valence-electron chi connectivity index (χ3n) is 2.93. The molecule has 0 rings (SSSR count). The van der Waals surface area contributed by atoms with Crippen LogP contribution in [0, 0.1) is 5.92 Å². The van der Waals surface area contributed by atoms with Crippen LogP contribution in [0.15, 0.2) is 0 Å². The molecule has 0 amide bonds. The minimum absolute atomic E-state index is 0.142. The second-order valence-electron chi connectivity index (χ2n) is 4.54. The van der Waals surface area contributed by atoms with Gasteiger partial charge in [-0.2, -0.15) is 0 Å². The standard InChI is InChI=1S/C11H25NO2/c1-9(2)10(3)14-7-6-11(4,8-13)12-5/h9-10,12-13H,6-8H2,1-5H3. The fourth-order valence-electron chi connectivity index (χ4n) is 0.946. The first kappa shape index (κ1) is 13.9. The minimum atomic E-state index is -0.212. The third-order valence-corrected chi connectivity index (χ3v) is 2.93. The van der Waals surface area contributed by atoms with Crippen LogP contribution in [0.3, 0.4) is 0 Å². The molecule has 86 valence electrons. The van der Waals surface area contributed by atoms with Gasteiger partial charge in [0.1, 0.15) is 0 Å². The molecule has 0 aromatic rings. The van der Waals surface area contributed by atoms with E-state index >= 15 is 0 Å². The van der Waals surface area contributed by atoms with Gasteiger partial charge < -0.3 is 15.2 Å². The van der Waals surface area contributed by atoms with Crippen molar-refractivity contribution in [2.45, 2.75) is 45.8 Å². The lowest BCUT2D eigenvalue weighted by atomic mass is 10.00. The van der Waals surface area contributed by atoms with Gasteiger partial charge in [-0.1, -0.05) is 13.8 Å². The number of hydrogen-bond acceptors (Lipinski definition) is 3. The second-order valence-corrected chi connectivity index (χ2v) is 4.54. The van der Waals surface area contributed by atoms with Crippen molar-refractivity contribution in [1.29, 1.82) is 0 Å². The van der Waals surface area contributed by atoms with Crippen LogP contribution in [0.2, 0.25) is 0 Å². The lowest BCUT2D eigenvalue weighted by molar-refractivity contribution is 0.0178. The van der Waals surface area contributed by atoms with Crippen molar-refractivity contribution in [3.8, 4) is 0 Å². The largest absolute Gasteiger partial charge is 0.394 e. The lowest BCUT2D eigenvalue weighted by Gasteiger charge is -2.27.